The number of halogens is 3. The minimum Gasteiger partial charge on any atom is -0.477 e. The molecule has 0 aliphatic heterocycles. The Hall–Kier alpha value is -2.38. The maximum atomic E-state index is 12.3. The molecule has 0 amide bonds. The predicted octanol–water partition coefficient (Wildman–Crippen LogP) is 2.19. The number of rotatable bonds is 2. The van der Waals surface area contributed by atoms with Gasteiger partial charge in [-0.3, -0.25) is 10.1 Å². The van der Waals surface area contributed by atoms with Crippen molar-refractivity contribution in [2.24, 2.45) is 0 Å². The molecule has 0 radical (unpaired) electrons. The molecule has 18 heavy (non-hydrogen) atoms. The van der Waals surface area contributed by atoms with Gasteiger partial charge in [-0.2, -0.15) is 18.3 Å². The fourth-order valence-electron chi connectivity index (χ4n) is 1.29. The van der Waals surface area contributed by atoms with Crippen LogP contribution >= 0.6 is 0 Å². The first-order chi connectivity index (χ1) is 8.38. The molecule has 0 saturated carbocycles. The lowest BCUT2D eigenvalue weighted by Gasteiger charge is -2.05. The Kier molecular flexibility index (Phi) is 2.77. The van der Waals surface area contributed by atoms with E-state index in [9.17, 15) is 18.0 Å². The highest BCUT2D eigenvalue weighted by atomic mass is 19.4. The van der Waals surface area contributed by atoms with Crippen molar-refractivity contribution < 1.29 is 23.1 Å². The zero-order chi connectivity index (χ0) is 13.3. The normalized spacial score (nSPS) is 11.5. The predicted molar refractivity (Wildman–Crippen MR) is 53.8 cm³/mol. The number of hydrogen-bond acceptors (Lipinski definition) is 3. The van der Waals surface area contributed by atoms with E-state index >= 15 is 0 Å². The summed E-state index contributed by atoms with van der Waals surface area (Å²) in [5.41, 5.74) is -0.648. The van der Waals surface area contributed by atoms with Gasteiger partial charge < -0.3 is 5.11 Å². The van der Waals surface area contributed by atoms with Crippen molar-refractivity contribution in [3.05, 3.63) is 35.8 Å². The highest BCUT2D eigenvalue weighted by Gasteiger charge is 2.32. The van der Waals surface area contributed by atoms with Crippen molar-refractivity contribution >= 4 is 5.97 Å². The fourth-order valence-corrected chi connectivity index (χ4v) is 1.29. The van der Waals surface area contributed by atoms with E-state index in [1.165, 1.54) is 12.1 Å². The molecule has 0 saturated heterocycles. The molecular weight excluding hydrogens is 251 g/mol. The summed E-state index contributed by atoms with van der Waals surface area (Å²) in [6.45, 7) is 0. The molecule has 0 atom stereocenters. The number of hydrogen-bond donors (Lipinski definition) is 2. The van der Waals surface area contributed by atoms with Crippen LogP contribution in [0.4, 0.5) is 13.2 Å². The quantitative estimate of drug-likeness (QED) is 0.864. The van der Waals surface area contributed by atoms with Crippen molar-refractivity contribution in [3.63, 3.8) is 0 Å². The number of pyridine rings is 1. The van der Waals surface area contributed by atoms with Crippen LogP contribution in [0.2, 0.25) is 0 Å². The molecule has 2 aromatic heterocycles. The van der Waals surface area contributed by atoms with Crippen molar-refractivity contribution in [1.29, 1.82) is 0 Å². The van der Waals surface area contributed by atoms with Gasteiger partial charge in [-0.25, -0.2) is 4.79 Å². The summed E-state index contributed by atoms with van der Waals surface area (Å²) >= 11 is 0. The molecule has 2 heterocycles. The van der Waals surface area contributed by atoms with Crippen LogP contribution in [-0.4, -0.2) is 26.3 Å². The van der Waals surface area contributed by atoms with Crippen LogP contribution in [0.1, 0.15) is 16.2 Å². The average Bonchev–Trinajstić information content (AvgIpc) is 2.77. The molecule has 94 valence electrons. The highest BCUT2D eigenvalue weighted by Crippen LogP contribution is 2.28. The molecule has 0 fully saturated rings. The van der Waals surface area contributed by atoms with Crippen molar-refractivity contribution in [1.82, 2.24) is 15.2 Å². The first-order valence-electron chi connectivity index (χ1n) is 4.70. The summed E-state index contributed by atoms with van der Waals surface area (Å²) in [6.07, 6.45) is -3.51. The summed E-state index contributed by atoms with van der Waals surface area (Å²) in [7, 11) is 0. The third-order valence-electron chi connectivity index (χ3n) is 2.16. The van der Waals surface area contributed by atoms with Crippen molar-refractivity contribution in [2.75, 3.05) is 0 Å². The molecule has 0 aliphatic rings. The number of nitrogens with one attached hydrogen (secondary N) is 1. The monoisotopic (exact) mass is 257 g/mol. The molecule has 2 N–H and O–H groups in total. The Morgan fingerprint density at radius 1 is 1.33 bits per heavy atom. The van der Waals surface area contributed by atoms with E-state index in [0.717, 1.165) is 12.3 Å². The van der Waals surface area contributed by atoms with E-state index in [1.807, 2.05) is 0 Å². The molecular formula is C10H6F3N3O2. The van der Waals surface area contributed by atoms with Crippen LogP contribution in [0.5, 0.6) is 0 Å². The Bertz CT molecular complexity index is 575. The minimum atomic E-state index is -4.50. The topological polar surface area (TPSA) is 78.9 Å². The third kappa shape index (κ3) is 2.31. The second-order valence-corrected chi connectivity index (χ2v) is 3.40. The fraction of sp³-hybridized carbons (Fsp3) is 0.100. The molecule has 5 nitrogen and oxygen atoms in total. The Balaban J connectivity index is 2.31. The highest BCUT2D eigenvalue weighted by molar-refractivity contribution is 5.86. The maximum absolute atomic E-state index is 12.3. The first-order valence-corrected chi connectivity index (χ1v) is 4.70. The van der Waals surface area contributed by atoms with E-state index in [2.05, 4.69) is 15.2 Å². The van der Waals surface area contributed by atoms with Crippen LogP contribution in [0.15, 0.2) is 24.4 Å². The number of aromatic carboxylic acids is 1. The zero-order valence-electron chi connectivity index (χ0n) is 8.69. The number of carboxylic acid groups (broad SMARTS) is 1. The number of alkyl halides is 3. The van der Waals surface area contributed by atoms with Crippen LogP contribution in [0.25, 0.3) is 11.3 Å². The van der Waals surface area contributed by atoms with E-state index in [1.54, 1.807) is 0 Å². The second kappa shape index (κ2) is 4.13. The van der Waals surface area contributed by atoms with Crippen LogP contribution in [0, 0.1) is 0 Å². The second-order valence-electron chi connectivity index (χ2n) is 3.40. The number of nitrogens with zero attached hydrogens (tertiary/aromatic N) is 2. The molecule has 8 heteroatoms. The summed E-state index contributed by atoms with van der Waals surface area (Å²) < 4.78 is 36.8. The van der Waals surface area contributed by atoms with Gasteiger partial charge in [-0.05, 0) is 18.2 Å². The number of aromatic nitrogens is 3. The van der Waals surface area contributed by atoms with Gasteiger partial charge in [-0.15, -0.1) is 0 Å². The third-order valence-corrected chi connectivity index (χ3v) is 2.16. The maximum Gasteiger partial charge on any atom is 0.433 e. The molecule has 2 aromatic rings. The summed E-state index contributed by atoms with van der Waals surface area (Å²) in [4.78, 5) is 13.8. The van der Waals surface area contributed by atoms with Gasteiger partial charge in [0.25, 0.3) is 0 Å². The Morgan fingerprint density at radius 3 is 2.50 bits per heavy atom. The van der Waals surface area contributed by atoms with Gasteiger partial charge in [0.15, 0.2) is 0 Å². The van der Waals surface area contributed by atoms with Gasteiger partial charge in [0.1, 0.15) is 11.4 Å². The Morgan fingerprint density at radius 2 is 2.06 bits per heavy atom. The minimum absolute atomic E-state index is 0.148. The number of carbonyl (C=O) groups is 1. The van der Waals surface area contributed by atoms with Crippen LogP contribution < -0.4 is 0 Å². The summed E-state index contributed by atoms with van der Waals surface area (Å²) in [6, 6.07) is 3.20. The lowest BCUT2D eigenvalue weighted by Crippen LogP contribution is -2.07. The molecule has 0 unspecified atom stereocenters. The molecule has 2 rings (SSSR count). The van der Waals surface area contributed by atoms with E-state index < -0.39 is 17.8 Å². The van der Waals surface area contributed by atoms with Crippen molar-refractivity contribution in [2.45, 2.75) is 6.18 Å². The van der Waals surface area contributed by atoms with Gasteiger partial charge in [0.2, 0.25) is 0 Å². The standard InChI is InChI=1S/C10H6F3N3O2/c11-10(12,13)8-2-1-5(4-14-8)6-3-7(9(17)18)16-15-6/h1-4H,(H,15,16)(H,17,18). The summed E-state index contributed by atoms with van der Waals surface area (Å²) in [5.74, 6) is -1.20. The average molecular weight is 257 g/mol. The van der Waals surface area contributed by atoms with Gasteiger partial charge in [0.05, 0.1) is 5.69 Å². The van der Waals surface area contributed by atoms with Gasteiger partial charge >= 0.3 is 12.1 Å². The van der Waals surface area contributed by atoms with Gasteiger partial charge in [-0.1, -0.05) is 0 Å². The molecule has 0 aromatic carbocycles. The lowest BCUT2D eigenvalue weighted by molar-refractivity contribution is -0.141. The molecule has 0 spiro atoms. The number of aromatic amines is 1. The van der Waals surface area contributed by atoms with Crippen LogP contribution in [0.3, 0.4) is 0 Å². The van der Waals surface area contributed by atoms with Crippen molar-refractivity contribution in [3.8, 4) is 11.3 Å². The summed E-state index contributed by atoms with van der Waals surface area (Å²) in [5, 5.41) is 14.6. The largest absolute Gasteiger partial charge is 0.477 e. The van der Waals surface area contributed by atoms with E-state index in [4.69, 9.17) is 5.11 Å². The molecule has 0 aliphatic carbocycles. The van der Waals surface area contributed by atoms with E-state index in [-0.39, 0.29) is 11.4 Å². The van der Waals surface area contributed by atoms with Crippen LogP contribution in [-0.2, 0) is 6.18 Å². The Labute approximate surface area is 98.3 Å². The van der Waals surface area contributed by atoms with E-state index in [0.29, 0.717) is 5.56 Å². The SMILES string of the molecule is O=C(O)c1cc(-c2ccc(C(F)(F)F)nc2)n[nH]1. The van der Waals surface area contributed by atoms with Gasteiger partial charge in [0, 0.05) is 11.8 Å². The number of H-pyrrole nitrogens is 1. The smallest absolute Gasteiger partial charge is 0.433 e. The number of carboxylic acids is 1. The zero-order valence-corrected chi connectivity index (χ0v) is 8.69. The molecule has 0 bridgehead atoms. The first kappa shape index (κ1) is 12.1. The lowest BCUT2D eigenvalue weighted by atomic mass is 10.2.